The van der Waals surface area contributed by atoms with Gasteiger partial charge in [-0.05, 0) is 49.9 Å². The molecule has 1 heterocycles. The predicted octanol–water partition coefficient (Wildman–Crippen LogP) is 6.23. The number of halogens is 1. The second kappa shape index (κ2) is 8.95. The quantitative estimate of drug-likeness (QED) is 0.532. The first-order valence-electron chi connectivity index (χ1n) is 9.01. The minimum Gasteiger partial charge on any atom is -0.481 e. The Bertz CT molecular complexity index is 686. The Morgan fingerprint density at radius 3 is 2.84 bits per heavy atom. The molecule has 3 rings (SSSR count). The molecule has 1 saturated carbocycles. The lowest BCUT2D eigenvalue weighted by Gasteiger charge is -2.20. The topological polar surface area (TPSA) is 48.2 Å². The Kier molecular flexibility index (Phi) is 6.65. The molecule has 4 nitrogen and oxygen atoms in total. The van der Waals surface area contributed by atoms with Gasteiger partial charge in [-0.3, -0.25) is 0 Å². The van der Waals surface area contributed by atoms with Crippen molar-refractivity contribution in [1.82, 2.24) is 10.2 Å². The van der Waals surface area contributed by atoms with Gasteiger partial charge in [0.05, 0.1) is 0 Å². The number of hydrogen-bond donors (Lipinski definition) is 0. The molecule has 136 valence electrons. The van der Waals surface area contributed by atoms with E-state index in [9.17, 15) is 0 Å². The van der Waals surface area contributed by atoms with Gasteiger partial charge in [0.1, 0.15) is 5.75 Å². The lowest BCUT2D eigenvalue weighted by Crippen LogP contribution is -2.06. The fraction of sp³-hybridized carbons (Fsp3) is 0.579. The number of benzene rings is 1. The molecule has 1 aromatic heterocycles. The van der Waals surface area contributed by atoms with E-state index in [2.05, 4.69) is 10.2 Å². The fourth-order valence-corrected chi connectivity index (χ4v) is 4.31. The van der Waals surface area contributed by atoms with Gasteiger partial charge >= 0.3 is 0 Å². The van der Waals surface area contributed by atoms with E-state index in [1.165, 1.54) is 38.5 Å². The Morgan fingerprint density at radius 1 is 1.28 bits per heavy atom. The number of rotatable bonds is 7. The maximum atomic E-state index is 5.98. The first-order chi connectivity index (χ1) is 12.1. The van der Waals surface area contributed by atoms with Gasteiger partial charge in [0.25, 0.3) is 11.1 Å². The molecular formula is C19H25ClN2O2S. The third kappa shape index (κ3) is 5.38. The van der Waals surface area contributed by atoms with Crippen LogP contribution in [0.4, 0.5) is 0 Å². The molecule has 1 atom stereocenters. The average molecular weight is 381 g/mol. The van der Waals surface area contributed by atoms with Crippen molar-refractivity contribution in [3.63, 3.8) is 0 Å². The van der Waals surface area contributed by atoms with Gasteiger partial charge in [-0.15, -0.1) is 10.2 Å². The van der Waals surface area contributed by atoms with Crippen molar-refractivity contribution in [2.45, 2.75) is 63.7 Å². The van der Waals surface area contributed by atoms with Gasteiger partial charge in [-0.1, -0.05) is 55.5 Å². The molecule has 1 unspecified atom stereocenters. The minimum atomic E-state index is -0.292. The van der Waals surface area contributed by atoms with Crippen LogP contribution in [-0.2, 0) is 0 Å². The van der Waals surface area contributed by atoms with Crippen LogP contribution in [0.3, 0.4) is 0 Å². The standard InChI is InChI=1S/C19H25ClN2O2S/c1-13-12-16(20)8-9-17(13)23-14(2)18-21-22-19(24-18)25-11-10-15-6-4-3-5-7-15/h8-9,12,14-15H,3-7,10-11H2,1-2H3. The van der Waals surface area contributed by atoms with Crippen molar-refractivity contribution in [3.05, 3.63) is 34.7 Å². The van der Waals surface area contributed by atoms with Crippen molar-refractivity contribution in [2.75, 3.05) is 5.75 Å². The Labute approximate surface area is 158 Å². The predicted molar refractivity (Wildman–Crippen MR) is 101 cm³/mol. The van der Waals surface area contributed by atoms with Crippen LogP contribution in [0.15, 0.2) is 27.8 Å². The van der Waals surface area contributed by atoms with Crippen LogP contribution >= 0.6 is 23.4 Å². The summed E-state index contributed by atoms with van der Waals surface area (Å²) in [7, 11) is 0. The summed E-state index contributed by atoms with van der Waals surface area (Å²) in [5.74, 6) is 3.20. The molecule has 0 saturated heterocycles. The number of thioether (sulfide) groups is 1. The van der Waals surface area contributed by atoms with Crippen LogP contribution in [-0.4, -0.2) is 16.0 Å². The Balaban J connectivity index is 1.49. The summed E-state index contributed by atoms with van der Waals surface area (Å²) in [5, 5.41) is 9.61. The van der Waals surface area contributed by atoms with E-state index < -0.39 is 0 Å². The van der Waals surface area contributed by atoms with E-state index in [1.807, 2.05) is 32.0 Å². The van der Waals surface area contributed by atoms with Crippen molar-refractivity contribution >= 4 is 23.4 Å². The number of hydrogen-bond acceptors (Lipinski definition) is 5. The highest BCUT2D eigenvalue weighted by Crippen LogP contribution is 2.30. The third-order valence-electron chi connectivity index (χ3n) is 4.69. The zero-order valence-electron chi connectivity index (χ0n) is 14.8. The lowest BCUT2D eigenvalue weighted by atomic mass is 9.88. The molecule has 1 fully saturated rings. The van der Waals surface area contributed by atoms with E-state index in [0.717, 1.165) is 23.0 Å². The molecule has 0 spiro atoms. The van der Waals surface area contributed by atoms with E-state index in [1.54, 1.807) is 11.8 Å². The molecule has 2 aromatic rings. The van der Waals surface area contributed by atoms with E-state index >= 15 is 0 Å². The molecule has 0 aliphatic heterocycles. The van der Waals surface area contributed by atoms with E-state index in [0.29, 0.717) is 16.1 Å². The first kappa shape index (κ1) is 18.6. The molecule has 0 bridgehead atoms. The van der Waals surface area contributed by atoms with E-state index in [-0.39, 0.29) is 6.10 Å². The second-order valence-corrected chi connectivity index (χ2v) is 8.20. The highest BCUT2D eigenvalue weighted by atomic mass is 35.5. The number of aryl methyl sites for hydroxylation is 1. The van der Waals surface area contributed by atoms with Crippen molar-refractivity contribution < 1.29 is 9.15 Å². The van der Waals surface area contributed by atoms with Crippen LogP contribution in [0.2, 0.25) is 5.02 Å². The Hall–Kier alpha value is -1.20. The maximum Gasteiger partial charge on any atom is 0.276 e. The highest BCUT2D eigenvalue weighted by Gasteiger charge is 2.18. The minimum absolute atomic E-state index is 0.292. The normalized spacial score (nSPS) is 16.8. The van der Waals surface area contributed by atoms with Crippen molar-refractivity contribution in [3.8, 4) is 5.75 Å². The molecule has 0 N–H and O–H groups in total. The fourth-order valence-electron chi connectivity index (χ4n) is 3.22. The summed E-state index contributed by atoms with van der Waals surface area (Å²) in [5.41, 5.74) is 0.987. The van der Waals surface area contributed by atoms with Gasteiger partial charge in [-0.25, -0.2) is 0 Å². The second-order valence-electron chi connectivity index (χ2n) is 6.72. The van der Waals surface area contributed by atoms with Gasteiger partial charge < -0.3 is 9.15 Å². The zero-order valence-corrected chi connectivity index (χ0v) is 16.4. The molecule has 1 aliphatic carbocycles. The van der Waals surface area contributed by atoms with Crippen molar-refractivity contribution in [2.24, 2.45) is 5.92 Å². The van der Waals surface area contributed by atoms with E-state index in [4.69, 9.17) is 20.8 Å². The summed E-state index contributed by atoms with van der Waals surface area (Å²) in [4.78, 5) is 0. The average Bonchev–Trinajstić information content (AvgIpc) is 3.07. The van der Waals surface area contributed by atoms with Crippen LogP contribution in [0, 0.1) is 12.8 Å². The maximum absolute atomic E-state index is 5.98. The zero-order chi connectivity index (χ0) is 17.6. The van der Waals surface area contributed by atoms with Crippen LogP contribution in [0.5, 0.6) is 5.75 Å². The molecule has 0 radical (unpaired) electrons. The summed E-state index contributed by atoms with van der Waals surface area (Å²) >= 11 is 7.63. The third-order valence-corrected chi connectivity index (χ3v) is 5.77. The van der Waals surface area contributed by atoms with Gasteiger partial charge in [0.2, 0.25) is 0 Å². The smallest absolute Gasteiger partial charge is 0.276 e. The molecule has 25 heavy (non-hydrogen) atoms. The molecule has 1 aliphatic rings. The number of nitrogens with zero attached hydrogens (tertiary/aromatic N) is 2. The Morgan fingerprint density at radius 2 is 2.08 bits per heavy atom. The molecular weight excluding hydrogens is 356 g/mol. The molecule has 1 aromatic carbocycles. The monoisotopic (exact) mass is 380 g/mol. The van der Waals surface area contributed by atoms with Gasteiger partial charge in [-0.2, -0.15) is 0 Å². The van der Waals surface area contributed by atoms with Crippen LogP contribution < -0.4 is 4.74 Å². The van der Waals surface area contributed by atoms with Gasteiger partial charge in [0, 0.05) is 10.8 Å². The molecule has 6 heteroatoms. The van der Waals surface area contributed by atoms with Crippen molar-refractivity contribution in [1.29, 1.82) is 0 Å². The summed E-state index contributed by atoms with van der Waals surface area (Å²) in [6.45, 7) is 3.88. The number of aromatic nitrogens is 2. The highest BCUT2D eigenvalue weighted by molar-refractivity contribution is 7.99. The summed E-state index contributed by atoms with van der Waals surface area (Å²) < 4.78 is 11.7. The van der Waals surface area contributed by atoms with Gasteiger partial charge in [0.15, 0.2) is 6.10 Å². The number of ether oxygens (including phenoxy) is 1. The van der Waals surface area contributed by atoms with Crippen LogP contribution in [0.25, 0.3) is 0 Å². The first-order valence-corrected chi connectivity index (χ1v) is 10.4. The van der Waals surface area contributed by atoms with Crippen LogP contribution in [0.1, 0.15) is 63.0 Å². The lowest BCUT2D eigenvalue weighted by molar-refractivity contribution is 0.180. The SMILES string of the molecule is Cc1cc(Cl)ccc1OC(C)c1nnc(SCCC2CCCCC2)o1. The molecule has 0 amide bonds. The summed E-state index contributed by atoms with van der Waals surface area (Å²) in [6.07, 6.45) is 7.88. The summed E-state index contributed by atoms with van der Waals surface area (Å²) in [6, 6.07) is 5.56. The largest absolute Gasteiger partial charge is 0.481 e.